The van der Waals surface area contributed by atoms with Gasteiger partial charge in [0.15, 0.2) is 0 Å². The maximum absolute atomic E-state index is 12.5. The average Bonchev–Trinajstić information content (AvgIpc) is 3.19. The van der Waals surface area contributed by atoms with Crippen LogP contribution in [-0.2, 0) is 17.6 Å². The predicted molar refractivity (Wildman–Crippen MR) is 126 cm³/mol. The Kier molecular flexibility index (Phi) is 7.05. The molecule has 2 amide bonds. The molecule has 1 fully saturated rings. The molecule has 31 heavy (non-hydrogen) atoms. The summed E-state index contributed by atoms with van der Waals surface area (Å²) in [5, 5.41) is 2.99. The van der Waals surface area contributed by atoms with E-state index in [1.807, 2.05) is 65.6 Å². The first-order valence-electron chi connectivity index (χ1n) is 10.6. The first-order valence-corrected chi connectivity index (χ1v) is 11.6. The fourth-order valence-corrected chi connectivity index (χ4v) is 4.95. The van der Waals surface area contributed by atoms with Crippen molar-refractivity contribution in [2.75, 3.05) is 18.8 Å². The Morgan fingerprint density at radius 1 is 0.871 bits per heavy atom. The van der Waals surface area contributed by atoms with Gasteiger partial charge < -0.3 is 10.2 Å². The molecule has 5 heteroatoms. The summed E-state index contributed by atoms with van der Waals surface area (Å²) in [5.41, 5.74) is 4.14. The molecule has 0 saturated carbocycles. The number of thioether (sulfide) groups is 1. The third-order valence-electron chi connectivity index (χ3n) is 5.45. The van der Waals surface area contributed by atoms with Crippen molar-refractivity contribution in [1.82, 2.24) is 10.2 Å². The molecule has 1 aliphatic rings. The zero-order chi connectivity index (χ0) is 21.5. The van der Waals surface area contributed by atoms with E-state index >= 15 is 0 Å². The fraction of sp³-hybridized carbons (Fsp3) is 0.231. The molecule has 4 nitrogen and oxygen atoms in total. The van der Waals surface area contributed by atoms with Gasteiger partial charge in [0.05, 0.1) is 5.75 Å². The zero-order valence-corrected chi connectivity index (χ0v) is 18.2. The van der Waals surface area contributed by atoms with Crippen molar-refractivity contribution in [3.8, 4) is 0 Å². The Balaban J connectivity index is 1.34. The molecule has 0 aliphatic carbocycles. The van der Waals surface area contributed by atoms with E-state index in [9.17, 15) is 9.59 Å². The third-order valence-corrected chi connectivity index (χ3v) is 6.71. The van der Waals surface area contributed by atoms with Crippen LogP contribution in [0.3, 0.4) is 0 Å². The number of hydrogen-bond donors (Lipinski definition) is 1. The van der Waals surface area contributed by atoms with Crippen LogP contribution in [0.1, 0.15) is 32.4 Å². The average molecular weight is 431 g/mol. The second kappa shape index (κ2) is 10.3. The highest BCUT2D eigenvalue weighted by Crippen LogP contribution is 2.38. The van der Waals surface area contributed by atoms with Gasteiger partial charge in [0.2, 0.25) is 5.91 Å². The van der Waals surface area contributed by atoms with Crippen molar-refractivity contribution in [2.45, 2.75) is 18.2 Å². The van der Waals surface area contributed by atoms with E-state index in [1.165, 1.54) is 11.1 Å². The number of amides is 2. The Morgan fingerprint density at radius 2 is 1.48 bits per heavy atom. The Labute approximate surface area is 187 Å². The van der Waals surface area contributed by atoms with E-state index in [0.29, 0.717) is 24.4 Å². The van der Waals surface area contributed by atoms with Crippen LogP contribution >= 0.6 is 11.8 Å². The fourth-order valence-electron chi connectivity index (χ4n) is 3.73. The summed E-state index contributed by atoms with van der Waals surface area (Å²) in [4.78, 5) is 26.8. The van der Waals surface area contributed by atoms with Crippen LogP contribution in [0.2, 0.25) is 0 Å². The highest BCUT2D eigenvalue weighted by Gasteiger charge is 2.32. The summed E-state index contributed by atoms with van der Waals surface area (Å²) in [5.74, 6) is 0.605. The lowest BCUT2D eigenvalue weighted by atomic mass is 10.1. The second-order valence-corrected chi connectivity index (χ2v) is 8.67. The minimum Gasteiger partial charge on any atom is -0.352 e. The van der Waals surface area contributed by atoms with Crippen LogP contribution < -0.4 is 5.32 Å². The lowest BCUT2D eigenvalue weighted by Crippen LogP contribution is -2.30. The van der Waals surface area contributed by atoms with Gasteiger partial charge in [-0.15, -0.1) is 11.8 Å². The summed E-state index contributed by atoms with van der Waals surface area (Å²) in [6.07, 6.45) is 1.65. The van der Waals surface area contributed by atoms with E-state index in [0.717, 1.165) is 18.4 Å². The summed E-state index contributed by atoms with van der Waals surface area (Å²) >= 11 is 1.65. The van der Waals surface area contributed by atoms with E-state index in [4.69, 9.17) is 0 Å². The van der Waals surface area contributed by atoms with Crippen LogP contribution in [0, 0.1) is 0 Å². The maximum Gasteiger partial charge on any atom is 0.251 e. The van der Waals surface area contributed by atoms with Crippen LogP contribution in [0.25, 0.3) is 0 Å². The van der Waals surface area contributed by atoms with Gasteiger partial charge in [0.25, 0.3) is 5.91 Å². The number of carbonyl (C=O) groups is 2. The topological polar surface area (TPSA) is 49.4 Å². The highest BCUT2D eigenvalue weighted by atomic mass is 32.2. The predicted octanol–water partition coefficient (Wildman–Crippen LogP) is 4.48. The van der Waals surface area contributed by atoms with Crippen molar-refractivity contribution in [3.05, 3.63) is 107 Å². The summed E-state index contributed by atoms with van der Waals surface area (Å²) < 4.78 is 0. The van der Waals surface area contributed by atoms with Gasteiger partial charge in [-0.1, -0.05) is 72.8 Å². The number of carbonyl (C=O) groups excluding carboxylic acids is 2. The molecule has 0 radical (unpaired) electrons. The lowest BCUT2D eigenvalue weighted by molar-refractivity contribution is -0.128. The van der Waals surface area contributed by atoms with Gasteiger partial charge in [-0.2, -0.15) is 0 Å². The molecular formula is C26H26N2O2S. The van der Waals surface area contributed by atoms with E-state index < -0.39 is 0 Å². The SMILES string of the molecule is O=C(NCCc1ccccc1)c1ccc(C2SCC(=O)N2CCc2ccccc2)cc1. The first-order chi connectivity index (χ1) is 15.2. The molecule has 0 aromatic heterocycles. The van der Waals surface area contributed by atoms with Crippen LogP contribution in [-0.4, -0.2) is 35.6 Å². The molecule has 1 saturated heterocycles. The van der Waals surface area contributed by atoms with Crippen molar-refractivity contribution in [1.29, 1.82) is 0 Å². The summed E-state index contributed by atoms with van der Waals surface area (Å²) in [6.45, 7) is 1.30. The number of nitrogens with zero attached hydrogens (tertiary/aromatic N) is 1. The van der Waals surface area contributed by atoms with Gasteiger partial charge in [0, 0.05) is 18.7 Å². The van der Waals surface area contributed by atoms with Crippen molar-refractivity contribution in [3.63, 3.8) is 0 Å². The molecule has 1 unspecified atom stereocenters. The standard InChI is InChI=1S/C26H26N2O2S/c29-24-19-31-26(28(24)18-16-21-9-5-2-6-10-21)23-13-11-22(12-14-23)25(30)27-17-15-20-7-3-1-4-8-20/h1-14,26H,15-19H2,(H,27,30). The summed E-state index contributed by atoms with van der Waals surface area (Å²) in [6, 6.07) is 28.0. The molecule has 158 valence electrons. The van der Waals surface area contributed by atoms with Crippen LogP contribution in [0.5, 0.6) is 0 Å². The highest BCUT2D eigenvalue weighted by molar-refractivity contribution is 8.00. The quantitative estimate of drug-likeness (QED) is 0.573. The van der Waals surface area contributed by atoms with Crippen molar-refractivity contribution < 1.29 is 9.59 Å². The van der Waals surface area contributed by atoms with Crippen LogP contribution in [0.4, 0.5) is 0 Å². The van der Waals surface area contributed by atoms with Crippen molar-refractivity contribution >= 4 is 23.6 Å². The normalized spacial score (nSPS) is 15.8. The van der Waals surface area contributed by atoms with Crippen LogP contribution in [0.15, 0.2) is 84.9 Å². The third kappa shape index (κ3) is 5.56. The smallest absolute Gasteiger partial charge is 0.251 e. The first kappa shape index (κ1) is 21.2. The zero-order valence-electron chi connectivity index (χ0n) is 17.4. The molecule has 1 atom stereocenters. The van der Waals surface area contributed by atoms with Gasteiger partial charge in [-0.3, -0.25) is 9.59 Å². The Bertz CT molecular complexity index is 1010. The maximum atomic E-state index is 12.5. The lowest BCUT2D eigenvalue weighted by Gasteiger charge is -2.24. The van der Waals surface area contributed by atoms with Gasteiger partial charge in [-0.25, -0.2) is 0 Å². The molecular weight excluding hydrogens is 404 g/mol. The van der Waals surface area contributed by atoms with Crippen molar-refractivity contribution in [2.24, 2.45) is 0 Å². The van der Waals surface area contributed by atoms with E-state index in [-0.39, 0.29) is 17.2 Å². The Morgan fingerprint density at radius 3 is 2.13 bits per heavy atom. The number of nitrogens with one attached hydrogen (secondary N) is 1. The molecule has 1 aliphatic heterocycles. The minimum absolute atomic E-state index is 0.00593. The molecule has 3 aromatic carbocycles. The summed E-state index contributed by atoms with van der Waals surface area (Å²) in [7, 11) is 0. The number of hydrogen-bond acceptors (Lipinski definition) is 3. The molecule has 1 heterocycles. The molecule has 0 bridgehead atoms. The second-order valence-electron chi connectivity index (χ2n) is 7.60. The number of rotatable bonds is 8. The molecule has 4 rings (SSSR count). The molecule has 0 spiro atoms. The van der Waals surface area contributed by atoms with Gasteiger partial charge in [0.1, 0.15) is 5.37 Å². The van der Waals surface area contributed by atoms with Gasteiger partial charge in [-0.05, 0) is 41.7 Å². The minimum atomic E-state index is -0.0708. The van der Waals surface area contributed by atoms with Gasteiger partial charge >= 0.3 is 0 Å². The monoisotopic (exact) mass is 430 g/mol. The molecule has 3 aromatic rings. The largest absolute Gasteiger partial charge is 0.352 e. The van der Waals surface area contributed by atoms with E-state index in [2.05, 4.69) is 29.6 Å². The molecule has 1 N–H and O–H groups in total. The van der Waals surface area contributed by atoms with E-state index in [1.54, 1.807) is 11.8 Å². The number of benzene rings is 3. The Hall–Kier alpha value is -3.05.